The van der Waals surface area contributed by atoms with Crippen molar-refractivity contribution >= 4 is 15.9 Å². The lowest BCUT2D eigenvalue weighted by atomic mass is 10.0. The minimum atomic E-state index is -3.44. The third kappa shape index (κ3) is 5.70. The smallest absolute Gasteiger partial charge is 0.238 e. The summed E-state index contributed by atoms with van der Waals surface area (Å²) >= 11 is 0. The van der Waals surface area contributed by atoms with Gasteiger partial charge in [0.1, 0.15) is 11.9 Å². The highest BCUT2D eigenvalue weighted by Crippen LogP contribution is 2.10. The highest BCUT2D eigenvalue weighted by molar-refractivity contribution is 7.88. The number of amides is 1. The number of imidazole rings is 1. The van der Waals surface area contributed by atoms with Gasteiger partial charge in [0.2, 0.25) is 15.9 Å². The van der Waals surface area contributed by atoms with Gasteiger partial charge in [-0.1, -0.05) is 13.8 Å². The lowest BCUT2D eigenvalue weighted by Gasteiger charge is -2.21. The number of carbonyl (C=O) groups excluding carboxylic acids is 1. The Labute approximate surface area is 119 Å². The van der Waals surface area contributed by atoms with Gasteiger partial charge in [-0.05, 0) is 19.3 Å². The molecule has 1 aromatic rings. The number of aromatic nitrogens is 2. The molecule has 1 aromatic heterocycles. The molecule has 3 N–H and O–H groups in total. The molecule has 8 heteroatoms. The predicted octanol–water partition coefficient (Wildman–Crippen LogP) is 0.551. The number of hydrogen-bond donors (Lipinski definition) is 3. The number of nitrogens with zero attached hydrogens (tertiary/aromatic N) is 1. The number of carbonyl (C=O) groups is 1. The van der Waals surface area contributed by atoms with E-state index in [-0.39, 0.29) is 17.9 Å². The number of hydrogen-bond acceptors (Lipinski definition) is 4. The first-order valence-corrected chi connectivity index (χ1v) is 8.35. The molecular formula is C12H22N4O3S. The van der Waals surface area contributed by atoms with Crippen LogP contribution in [-0.4, -0.2) is 36.6 Å². The Morgan fingerprint density at radius 2 is 2.05 bits per heavy atom. The summed E-state index contributed by atoms with van der Waals surface area (Å²) in [5.74, 6) is 0.466. The first-order valence-electron chi connectivity index (χ1n) is 6.46. The molecule has 1 rings (SSSR count). The Hall–Kier alpha value is -1.41. The van der Waals surface area contributed by atoms with Gasteiger partial charge in [0.25, 0.3) is 0 Å². The van der Waals surface area contributed by atoms with E-state index in [0.717, 1.165) is 6.26 Å². The molecule has 0 fully saturated rings. The molecule has 0 saturated carbocycles. The minimum absolute atomic E-state index is 0.193. The van der Waals surface area contributed by atoms with E-state index >= 15 is 0 Å². The van der Waals surface area contributed by atoms with Crippen LogP contribution in [0, 0.1) is 5.92 Å². The molecule has 0 bridgehead atoms. The highest BCUT2D eigenvalue weighted by atomic mass is 32.2. The molecule has 0 aromatic carbocycles. The van der Waals surface area contributed by atoms with Crippen molar-refractivity contribution in [3.05, 3.63) is 18.2 Å². The maximum atomic E-state index is 12.2. The average molecular weight is 302 g/mol. The predicted molar refractivity (Wildman–Crippen MR) is 76.4 cm³/mol. The molecular weight excluding hydrogens is 280 g/mol. The van der Waals surface area contributed by atoms with Crippen molar-refractivity contribution in [2.45, 2.75) is 39.3 Å². The van der Waals surface area contributed by atoms with E-state index in [9.17, 15) is 13.2 Å². The zero-order valence-corrected chi connectivity index (χ0v) is 13.0. The summed E-state index contributed by atoms with van der Waals surface area (Å²) in [6, 6.07) is -1.09. The molecule has 7 nitrogen and oxygen atoms in total. The van der Waals surface area contributed by atoms with Crippen molar-refractivity contribution in [1.29, 1.82) is 0 Å². The van der Waals surface area contributed by atoms with E-state index in [0.29, 0.717) is 12.2 Å². The van der Waals surface area contributed by atoms with E-state index in [1.165, 1.54) is 0 Å². The summed E-state index contributed by atoms with van der Waals surface area (Å²) in [7, 11) is -3.44. The largest absolute Gasteiger partial charge is 0.347 e. The van der Waals surface area contributed by atoms with Crippen LogP contribution >= 0.6 is 0 Å². The van der Waals surface area contributed by atoms with Gasteiger partial charge in [-0.2, -0.15) is 0 Å². The average Bonchev–Trinajstić information content (AvgIpc) is 2.78. The number of sulfonamides is 1. The summed E-state index contributed by atoms with van der Waals surface area (Å²) in [6.07, 6.45) is 4.74. The maximum absolute atomic E-state index is 12.2. The van der Waals surface area contributed by atoms with Gasteiger partial charge in [0.05, 0.1) is 12.3 Å². The number of rotatable bonds is 7. The Bertz CT molecular complexity index is 525. The zero-order chi connectivity index (χ0) is 15.3. The molecule has 20 heavy (non-hydrogen) atoms. The lowest BCUT2D eigenvalue weighted by Crippen LogP contribution is -2.47. The summed E-state index contributed by atoms with van der Waals surface area (Å²) in [5.41, 5.74) is 0. The maximum Gasteiger partial charge on any atom is 0.238 e. The van der Waals surface area contributed by atoms with Gasteiger partial charge in [-0.3, -0.25) is 4.79 Å². The molecule has 0 aliphatic heterocycles. The van der Waals surface area contributed by atoms with Gasteiger partial charge >= 0.3 is 0 Å². The SMILES string of the molecule is CC(C)CC(NS(C)(=O)=O)C(=O)NC(C)c1ncc[nH]1. The fourth-order valence-corrected chi connectivity index (χ4v) is 2.56. The number of H-pyrrole nitrogens is 1. The molecule has 2 unspecified atom stereocenters. The van der Waals surface area contributed by atoms with E-state index in [1.54, 1.807) is 19.3 Å². The standard InChI is InChI=1S/C12H22N4O3S/c1-8(2)7-10(16-20(4,18)19)12(17)15-9(3)11-13-5-6-14-11/h5-6,8-10,16H,7H2,1-4H3,(H,13,14)(H,15,17). The summed E-state index contributed by atoms with van der Waals surface area (Å²) < 4.78 is 25.0. The van der Waals surface area contributed by atoms with Crippen LogP contribution in [0.15, 0.2) is 12.4 Å². The normalized spacial score (nSPS) is 15.1. The fourth-order valence-electron chi connectivity index (χ4n) is 1.84. The third-order valence-electron chi connectivity index (χ3n) is 2.67. The molecule has 1 amide bonds. The molecule has 0 saturated heterocycles. The quantitative estimate of drug-likeness (QED) is 0.684. The Morgan fingerprint density at radius 3 is 2.50 bits per heavy atom. The molecule has 0 spiro atoms. The van der Waals surface area contributed by atoms with Crippen LogP contribution in [0.4, 0.5) is 0 Å². The van der Waals surface area contributed by atoms with Gasteiger partial charge in [-0.15, -0.1) is 0 Å². The van der Waals surface area contributed by atoms with E-state index in [2.05, 4.69) is 20.0 Å². The topological polar surface area (TPSA) is 104 Å². The van der Waals surface area contributed by atoms with Crippen LogP contribution in [0.3, 0.4) is 0 Å². The molecule has 0 aliphatic rings. The van der Waals surface area contributed by atoms with Crippen LogP contribution in [0.2, 0.25) is 0 Å². The van der Waals surface area contributed by atoms with Crippen LogP contribution in [0.25, 0.3) is 0 Å². The van der Waals surface area contributed by atoms with Gasteiger partial charge in [0.15, 0.2) is 0 Å². The van der Waals surface area contributed by atoms with Gasteiger partial charge < -0.3 is 10.3 Å². The first-order chi connectivity index (χ1) is 9.19. The summed E-state index contributed by atoms with van der Waals surface area (Å²) in [5, 5.41) is 2.75. The number of aromatic amines is 1. The second-order valence-corrected chi connectivity index (χ2v) is 7.06. The van der Waals surface area contributed by atoms with Gasteiger partial charge in [-0.25, -0.2) is 18.1 Å². The minimum Gasteiger partial charge on any atom is -0.347 e. The van der Waals surface area contributed by atoms with Crippen molar-refractivity contribution in [3.8, 4) is 0 Å². The summed E-state index contributed by atoms with van der Waals surface area (Å²) in [6.45, 7) is 5.64. The molecule has 1 heterocycles. The van der Waals surface area contributed by atoms with Crippen molar-refractivity contribution in [2.24, 2.45) is 5.92 Å². The van der Waals surface area contributed by atoms with E-state index < -0.39 is 16.1 Å². The molecule has 0 aliphatic carbocycles. The van der Waals surface area contributed by atoms with Crippen LogP contribution < -0.4 is 10.0 Å². The first kappa shape index (κ1) is 16.6. The molecule has 114 valence electrons. The summed E-state index contributed by atoms with van der Waals surface area (Å²) in [4.78, 5) is 19.1. The van der Waals surface area contributed by atoms with Crippen molar-refractivity contribution in [2.75, 3.05) is 6.26 Å². The Morgan fingerprint density at radius 1 is 1.40 bits per heavy atom. The van der Waals surface area contributed by atoms with Crippen LogP contribution in [-0.2, 0) is 14.8 Å². The Kier molecular flexibility index (Phi) is 5.70. The van der Waals surface area contributed by atoms with Gasteiger partial charge in [0, 0.05) is 12.4 Å². The van der Waals surface area contributed by atoms with Crippen LogP contribution in [0.1, 0.15) is 39.1 Å². The van der Waals surface area contributed by atoms with Crippen molar-refractivity contribution < 1.29 is 13.2 Å². The molecule has 0 radical (unpaired) electrons. The van der Waals surface area contributed by atoms with E-state index in [1.807, 2.05) is 13.8 Å². The lowest BCUT2D eigenvalue weighted by molar-refractivity contribution is -0.123. The second-order valence-electron chi connectivity index (χ2n) is 5.28. The zero-order valence-electron chi connectivity index (χ0n) is 12.2. The van der Waals surface area contributed by atoms with Crippen molar-refractivity contribution in [3.63, 3.8) is 0 Å². The monoisotopic (exact) mass is 302 g/mol. The highest BCUT2D eigenvalue weighted by Gasteiger charge is 2.24. The Balaban J connectivity index is 2.72. The fraction of sp³-hybridized carbons (Fsp3) is 0.667. The van der Waals surface area contributed by atoms with E-state index in [4.69, 9.17) is 0 Å². The second kappa shape index (κ2) is 6.85. The molecule has 2 atom stereocenters. The third-order valence-corrected chi connectivity index (χ3v) is 3.38. The van der Waals surface area contributed by atoms with Crippen LogP contribution in [0.5, 0.6) is 0 Å². The van der Waals surface area contributed by atoms with Crippen molar-refractivity contribution in [1.82, 2.24) is 20.0 Å². The number of nitrogens with one attached hydrogen (secondary N) is 3.